The lowest BCUT2D eigenvalue weighted by Gasteiger charge is -2.21. The van der Waals surface area contributed by atoms with E-state index in [0.29, 0.717) is 5.56 Å². The summed E-state index contributed by atoms with van der Waals surface area (Å²) in [5.41, 5.74) is 0.730. The highest BCUT2D eigenvalue weighted by atomic mass is 32.2. The molecule has 1 N–H and O–H groups in total. The summed E-state index contributed by atoms with van der Waals surface area (Å²) in [6.45, 7) is 0. The Morgan fingerprint density at radius 2 is 2.00 bits per heavy atom. The van der Waals surface area contributed by atoms with Gasteiger partial charge in [-0.2, -0.15) is 8.42 Å². The second-order valence-electron chi connectivity index (χ2n) is 5.25. The molecular weight excluding hydrogens is 350 g/mol. The summed E-state index contributed by atoms with van der Waals surface area (Å²) in [5.74, 6) is -0.200. The summed E-state index contributed by atoms with van der Waals surface area (Å²) < 4.78 is 32.5. The number of ether oxygens (including phenoxy) is 1. The van der Waals surface area contributed by atoms with Gasteiger partial charge in [0.1, 0.15) is 11.5 Å². The molecule has 0 radical (unpaired) electrons. The third-order valence-electron chi connectivity index (χ3n) is 3.28. The summed E-state index contributed by atoms with van der Waals surface area (Å²) in [6.07, 6.45) is 2.32. The van der Waals surface area contributed by atoms with Gasteiger partial charge in [-0.1, -0.05) is 12.1 Å². The third-order valence-corrected chi connectivity index (χ3v) is 3.77. The van der Waals surface area contributed by atoms with Crippen molar-refractivity contribution in [3.63, 3.8) is 0 Å². The van der Waals surface area contributed by atoms with E-state index in [1.54, 1.807) is 6.07 Å². The number of rotatable bonds is 4. The van der Waals surface area contributed by atoms with Crippen LogP contribution in [0.2, 0.25) is 0 Å². The predicted octanol–water partition coefficient (Wildman–Crippen LogP) is 2.33. The molecular formula is C16H12NO7S-. The van der Waals surface area contributed by atoms with Gasteiger partial charge in [-0.25, -0.2) is 0 Å². The summed E-state index contributed by atoms with van der Waals surface area (Å²) in [4.78, 5) is 12.3. The Bertz CT molecular complexity index is 980. The molecule has 8 nitrogen and oxygen atoms in total. The number of ketones is 1. The van der Waals surface area contributed by atoms with Crippen molar-refractivity contribution < 1.29 is 27.3 Å². The van der Waals surface area contributed by atoms with Gasteiger partial charge < -0.3 is 19.4 Å². The molecule has 1 aliphatic rings. The molecule has 1 aliphatic heterocycles. The van der Waals surface area contributed by atoms with E-state index >= 15 is 0 Å². The molecule has 2 aromatic carbocycles. The molecule has 0 saturated carbocycles. The van der Waals surface area contributed by atoms with Crippen molar-refractivity contribution in [2.45, 2.75) is 0 Å². The predicted molar refractivity (Wildman–Crippen MR) is 88.9 cm³/mol. The Balaban J connectivity index is 1.91. The lowest BCUT2D eigenvalue weighted by molar-refractivity contribution is 0.101. The standard InChI is InChI=1S/C16H12NO7S/c1-25(21,22)24-12-5-6-13-14(9-12)23-15(16(13)18)8-10-3-2-4-11(7-10)17(19)20/h2-9,19H,1H3/q-1. The number of nitrogens with zero attached hydrogens (tertiary/aromatic N) is 1. The highest BCUT2D eigenvalue weighted by Crippen LogP contribution is 2.35. The van der Waals surface area contributed by atoms with Crippen LogP contribution in [0.1, 0.15) is 15.9 Å². The zero-order valence-electron chi connectivity index (χ0n) is 12.9. The molecule has 3 rings (SSSR count). The molecule has 0 fully saturated rings. The molecule has 9 heteroatoms. The number of benzene rings is 2. The Morgan fingerprint density at radius 3 is 2.68 bits per heavy atom. The van der Waals surface area contributed by atoms with E-state index in [-0.39, 0.29) is 33.7 Å². The van der Waals surface area contributed by atoms with Crippen molar-refractivity contribution in [3.05, 3.63) is 64.6 Å². The first kappa shape index (κ1) is 17.0. The second-order valence-corrected chi connectivity index (χ2v) is 6.83. The maximum atomic E-state index is 12.3. The summed E-state index contributed by atoms with van der Waals surface area (Å²) in [5, 5.41) is 19.6. The van der Waals surface area contributed by atoms with Crippen molar-refractivity contribution in [3.8, 4) is 11.5 Å². The first-order valence-corrected chi connectivity index (χ1v) is 8.78. The van der Waals surface area contributed by atoms with E-state index in [0.717, 1.165) is 6.26 Å². The van der Waals surface area contributed by atoms with E-state index in [9.17, 15) is 18.4 Å². The maximum absolute atomic E-state index is 12.3. The van der Waals surface area contributed by atoms with Crippen LogP contribution < -0.4 is 14.1 Å². The van der Waals surface area contributed by atoms with Crippen LogP contribution in [0.25, 0.3) is 6.08 Å². The lowest BCUT2D eigenvalue weighted by atomic mass is 10.1. The molecule has 130 valence electrons. The number of fused-ring (bicyclic) bond motifs is 1. The number of hydrogen-bond donors (Lipinski definition) is 1. The van der Waals surface area contributed by atoms with Crippen molar-refractivity contribution in [2.24, 2.45) is 0 Å². The van der Waals surface area contributed by atoms with E-state index in [1.807, 2.05) is 0 Å². The van der Waals surface area contributed by atoms with Gasteiger partial charge in [0.15, 0.2) is 5.76 Å². The lowest BCUT2D eigenvalue weighted by Crippen LogP contribution is -2.06. The summed E-state index contributed by atoms with van der Waals surface area (Å²) in [6, 6.07) is 9.99. The first-order chi connectivity index (χ1) is 11.7. The molecule has 25 heavy (non-hydrogen) atoms. The van der Waals surface area contributed by atoms with Gasteiger partial charge in [0.25, 0.3) is 0 Å². The minimum atomic E-state index is -3.70. The van der Waals surface area contributed by atoms with Crippen LogP contribution in [0.3, 0.4) is 0 Å². The fraction of sp³-hybridized carbons (Fsp3) is 0.0625. The molecule has 0 atom stereocenters. The van der Waals surface area contributed by atoms with Gasteiger partial charge in [0, 0.05) is 6.07 Å². The quantitative estimate of drug-likeness (QED) is 0.500. The minimum Gasteiger partial charge on any atom is -0.733 e. The van der Waals surface area contributed by atoms with Gasteiger partial charge in [-0.05, 0) is 35.9 Å². The molecule has 0 bridgehead atoms. The SMILES string of the molecule is CS(=O)(=O)Oc1ccc2c(c1)OC(=Cc1cccc(N([O-])O)c1)C2=O. The molecule has 0 unspecified atom stereocenters. The molecule has 0 spiro atoms. The normalized spacial score (nSPS) is 15.0. The number of carbonyl (C=O) groups is 1. The molecule has 0 aliphatic carbocycles. The number of allylic oxidation sites excluding steroid dienone is 1. The average molecular weight is 362 g/mol. The highest BCUT2D eigenvalue weighted by Gasteiger charge is 2.28. The maximum Gasteiger partial charge on any atom is 0.306 e. The molecule has 0 saturated heterocycles. The van der Waals surface area contributed by atoms with Crippen molar-refractivity contribution in [2.75, 3.05) is 11.5 Å². The van der Waals surface area contributed by atoms with Crippen LogP contribution in [0.4, 0.5) is 5.69 Å². The Labute approximate surface area is 143 Å². The fourth-order valence-corrected chi connectivity index (χ4v) is 2.73. The summed E-state index contributed by atoms with van der Waals surface area (Å²) >= 11 is 0. The van der Waals surface area contributed by atoms with Gasteiger partial charge in [-0.3, -0.25) is 10.0 Å². The number of Topliss-reactive ketones (excluding diaryl/α,β-unsaturated/α-hetero) is 1. The van der Waals surface area contributed by atoms with Gasteiger partial charge in [0.2, 0.25) is 5.78 Å². The molecule has 1 heterocycles. The van der Waals surface area contributed by atoms with Gasteiger partial charge >= 0.3 is 10.1 Å². The van der Waals surface area contributed by atoms with Gasteiger partial charge in [-0.15, -0.1) is 0 Å². The number of anilines is 1. The first-order valence-electron chi connectivity index (χ1n) is 6.97. The monoisotopic (exact) mass is 362 g/mol. The average Bonchev–Trinajstić information content (AvgIpc) is 2.81. The van der Waals surface area contributed by atoms with Crippen molar-refractivity contribution in [1.29, 1.82) is 0 Å². The van der Waals surface area contributed by atoms with E-state index in [1.165, 1.54) is 42.5 Å². The van der Waals surface area contributed by atoms with Crippen LogP contribution in [-0.4, -0.2) is 25.7 Å². The van der Waals surface area contributed by atoms with Crippen LogP contribution in [0.5, 0.6) is 11.5 Å². The molecule has 0 aromatic heterocycles. The fourth-order valence-electron chi connectivity index (χ4n) is 2.28. The Hall–Kier alpha value is -2.88. The molecule has 0 amide bonds. The molecule has 2 aromatic rings. The van der Waals surface area contributed by atoms with Gasteiger partial charge in [0.05, 0.1) is 17.5 Å². The van der Waals surface area contributed by atoms with E-state index in [2.05, 4.69) is 0 Å². The van der Waals surface area contributed by atoms with Crippen LogP contribution in [0, 0.1) is 5.21 Å². The van der Waals surface area contributed by atoms with Crippen LogP contribution >= 0.6 is 0 Å². The van der Waals surface area contributed by atoms with Crippen molar-refractivity contribution >= 4 is 27.7 Å². The second kappa shape index (κ2) is 6.20. The zero-order valence-corrected chi connectivity index (χ0v) is 13.7. The highest BCUT2D eigenvalue weighted by molar-refractivity contribution is 7.86. The number of carbonyl (C=O) groups excluding carboxylic acids is 1. The summed E-state index contributed by atoms with van der Waals surface area (Å²) in [7, 11) is -3.70. The zero-order chi connectivity index (χ0) is 18.2. The van der Waals surface area contributed by atoms with Crippen LogP contribution in [-0.2, 0) is 10.1 Å². The Morgan fingerprint density at radius 1 is 1.24 bits per heavy atom. The minimum absolute atomic E-state index is 0.000885. The van der Waals surface area contributed by atoms with E-state index in [4.69, 9.17) is 14.1 Å². The smallest absolute Gasteiger partial charge is 0.306 e. The number of hydrogen-bond acceptors (Lipinski definition) is 8. The van der Waals surface area contributed by atoms with Crippen molar-refractivity contribution in [1.82, 2.24) is 0 Å². The third kappa shape index (κ3) is 3.79. The topological polar surface area (TPSA) is 116 Å². The van der Waals surface area contributed by atoms with Crippen LogP contribution in [0.15, 0.2) is 48.2 Å². The van der Waals surface area contributed by atoms with E-state index < -0.39 is 15.9 Å². The largest absolute Gasteiger partial charge is 0.733 e. The Kier molecular flexibility index (Phi) is 4.21.